The number of carbonyl (C=O) groups is 1. The highest BCUT2D eigenvalue weighted by Crippen LogP contribution is 2.44. The fourth-order valence-corrected chi connectivity index (χ4v) is 5.02. The zero-order valence-corrected chi connectivity index (χ0v) is 19.7. The van der Waals surface area contributed by atoms with E-state index in [2.05, 4.69) is 4.98 Å². The van der Waals surface area contributed by atoms with E-state index < -0.39 is 6.10 Å². The Hall–Kier alpha value is -4.13. The molecule has 4 aromatic rings. The van der Waals surface area contributed by atoms with Gasteiger partial charge in [0.15, 0.2) is 0 Å². The Labute approximate surface area is 207 Å². The van der Waals surface area contributed by atoms with E-state index >= 15 is 0 Å². The Balaban J connectivity index is 1.23. The summed E-state index contributed by atoms with van der Waals surface area (Å²) in [6.07, 6.45) is 1.07. The molecule has 0 N–H and O–H groups in total. The molecule has 2 atom stereocenters. The van der Waals surface area contributed by atoms with Crippen molar-refractivity contribution in [3.8, 4) is 23.1 Å². The van der Waals surface area contributed by atoms with Crippen molar-refractivity contribution in [3.05, 3.63) is 89.2 Å². The normalized spacial score (nSPS) is 17.8. The fourth-order valence-electron chi connectivity index (χ4n) is 5.02. The summed E-state index contributed by atoms with van der Waals surface area (Å²) in [5.41, 5.74) is 3.09. The van der Waals surface area contributed by atoms with Crippen molar-refractivity contribution in [3.63, 3.8) is 0 Å². The molecule has 0 bridgehead atoms. The van der Waals surface area contributed by atoms with E-state index in [0.29, 0.717) is 48.1 Å². The Bertz CT molecular complexity index is 1470. The van der Waals surface area contributed by atoms with Crippen LogP contribution in [0, 0.1) is 5.82 Å². The number of esters is 1. The zero-order valence-electron chi connectivity index (χ0n) is 19.7. The topological polar surface area (TPSA) is 66.9 Å². The quantitative estimate of drug-likeness (QED) is 0.300. The number of pyridine rings is 1. The highest BCUT2D eigenvalue weighted by Gasteiger charge is 2.32. The van der Waals surface area contributed by atoms with Gasteiger partial charge in [0, 0.05) is 40.1 Å². The summed E-state index contributed by atoms with van der Waals surface area (Å²) >= 11 is 0. The van der Waals surface area contributed by atoms with Crippen LogP contribution in [0.2, 0.25) is 0 Å². The van der Waals surface area contributed by atoms with E-state index in [1.54, 1.807) is 6.07 Å². The molecule has 6 rings (SSSR count). The van der Waals surface area contributed by atoms with Crippen LogP contribution in [0.15, 0.2) is 66.7 Å². The number of methoxy groups -OCH3 is 1. The smallest absolute Gasteiger partial charge is 0.306 e. The van der Waals surface area contributed by atoms with Gasteiger partial charge in [-0.2, -0.15) is 0 Å². The number of hydrogen-bond donors (Lipinski definition) is 0. The van der Waals surface area contributed by atoms with Crippen molar-refractivity contribution in [2.24, 2.45) is 0 Å². The summed E-state index contributed by atoms with van der Waals surface area (Å²) in [6, 6.07) is 20.2. The number of rotatable bonds is 6. The summed E-state index contributed by atoms with van der Waals surface area (Å²) in [5.74, 6) is 1.68. The molecule has 0 fully saturated rings. The molecule has 2 heterocycles. The van der Waals surface area contributed by atoms with E-state index in [1.165, 1.54) is 13.2 Å². The maximum absolute atomic E-state index is 15.0. The SMILES string of the molecule is COC(=O)CC1COc2cc(OC3CCc4c(Oc5ccc6ccccc6n5)ccc(F)c43)ccc21. The second kappa shape index (κ2) is 9.15. The van der Waals surface area contributed by atoms with Crippen molar-refractivity contribution < 1.29 is 28.1 Å². The Morgan fingerprint density at radius 2 is 2.00 bits per heavy atom. The molecule has 0 amide bonds. The molecule has 0 spiro atoms. The van der Waals surface area contributed by atoms with Crippen LogP contribution in [0.5, 0.6) is 23.1 Å². The van der Waals surface area contributed by atoms with E-state index in [9.17, 15) is 9.18 Å². The molecule has 0 saturated heterocycles. The lowest BCUT2D eigenvalue weighted by Crippen LogP contribution is -2.09. The molecular formula is C29H24FNO5. The minimum atomic E-state index is -0.446. The highest BCUT2D eigenvalue weighted by molar-refractivity contribution is 5.78. The van der Waals surface area contributed by atoms with E-state index in [1.807, 2.05) is 54.6 Å². The number of benzene rings is 3. The highest BCUT2D eigenvalue weighted by atomic mass is 19.1. The maximum Gasteiger partial charge on any atom is 0.306 e. The summed E-state index contributed by atoms with van der Waals surface area (Å²) < 4.78 is 37.9. The first-order valence-electron chi connectivity index (χ1n) is 11.9. The van der Waals surface area contributed by atoms with Crippen LogP contribution in [0.25, 0.3) is 10.9 Å². The van der Waals surface area contributed by atoms with E-state index in [4.69, 9.17) is 18.9 Å². The minimum Gasteiger partial charge on any atom is -0.492 e. The van der Waals surface area contributed by atoms with Gasteiger partial charge >= 0.3 is 5.97 Å². The molecule has 6 nitrogen and oxygen atoms in total. The summed E-state index contributed by atoms with van der Waals surface area (Å²) in [5, 5.41) is 1.03. The number of fused-ring (bicyclic) bond motifs is 3. The number of aromatic nitrogens is 1. The number of hydrogen-bond acceptors (Lipinski definition) is 6. The van der Waals surface area contributed by atoms with Gasteiger partial charge in [0.05, 0.1) is 25.7 Å². The van der Waals surface area contributed by atoms with Crippen molar-refractivity contribution >= 4 is 16.9 Å². The fraction of sp³-hybridized carbons (Fsp3) is 0.241. The second-order valence-electron chi connectivity index (χ2n) is 9.01. The van der Waals surface area contributed by atoms with Gasteiger partial charge in [-0.05, 0) is 43.2 Å². The van der Waals surface area contributed by atoms with Gasteiger partial charge in [-0.25, -0.2) is 9.37 Å². The van der Waals surface area contributed by atoms with Crippen LogP contribution in [0.1, 0.15) is 41.6 Å². The zero-order chi connectivity index (χ0) is 24.6. The summed E-state index contributed by atoms with van der Waals surface area (Å²) in [4.78, 5) is 16.2. The Kier molecular flexibility index (Phi) is 5.68. The van der Waals surface area contributed by atoms with Crippen LogP contribution in [0.4, 0.5) is 4.39 Å². The lowest BCUT2D eigenvalue weighted by atomic mass is 9.98. The third-order valence-corrected chi connectivity index (χ3v) is 6.81. The predicted octanol–water partition coefficient (Wildman–Crippen LogP) is 6.27. The van der Waals surface area contributed by atoms with Crippen LogP contribution >= 0.6 is 0 Å². The molecule has 1 aliphatic carbocycles. The first kappa shape index (κ1) is 22.3. The van der Waals surface area contributed by atoms with Crippen LogP contribution < -0.4 is 14.2 Å². The van der Waals surface area contributed by atoms with Gasteiger partial charge in [-0.15, -0.1) is 0 Å². The first-order chi connectivity index (χ1) is 17.6. The van der Waals surface area contributed by atoms with Crippen LogP contribution in [-0.2, 0) is 16.0 Å². The van der Waals surface area contributed by atoms with Crippen molar-refractivity contribution in [1.29, 1.82) is 0 Å². The summed E-state index contributed by atoms with van der Waals surface area (Å²) in [7, 11) is 1.38. The third kappa shape index (κ3) is 4.11. The van der Waals surface area contributed by atoms with Gasteiger partial charge in [-0.3, -0.25) is 4.79 Å². The molecule has 7 heteroatoms. The Morgan fingerprint density at radius 1 is 1.11 bits per heavy atom. The van der Waals surface area contributed by atoms with Gasteiger partial charge < -0.3 is 18.9 Å². The van der Waals surface area contributed by atoms with Crippen molar-refractivity contribution in [1.82, 2.24) is 4.98 Å². The van der Waals surface area contributed by atoms with Crippen LogP contribution in [-0.4, -0.2) is 24.7 Å². The average molecular weight is 486 g/mol. The predicted molar refractivity (Wildman–Crippen MR) is 131 cm³/mol. The molecule has 2 unspecified atom stereocenters. The molecule has 2 aliphatic rings. The van der Waals surface area contributed by atoms with Gasteiger partial charge in [0.25, 0.3) is 0 Å². The third-order valence-electron chi connectivity index (χ3n) is 6.81. The molecule has 0 radical (unpaired) electrons. The average Bonchev–Trinajstić information content (AvgIpc) is 3.50. The Morgan fingerprint density at radius 3 is 2.89 bits per heavy atom. The molecule has 36 heavy (non-hydrogen) atoms. The molecule has 1 aliphatic heterocycles. The van der Waals surface area contributed by atoms with Gasteiger partial charge in [0.2, 0.25) is 5.88 Å². The second-order valence-corrected chi connectivity index (χ2v) is 9.01. The van der Waals surface area contributed by atoms with E-state index in [0.717, 1.165) is 22.0 Å². The molecule has 0 saturated carbocycles. The van der Waals surface area contributed by atoms with E-state index in [-0.39, 0.29) is 24.1 Å². The standard InChI is InChI=1S/C29H24FNO5/c1-33-28(32)14-18-16-34-26-15-19(7-8-20(18)26)35-25-11-9-21-24(12-10-22(30)29(21)25)36-27-13-6-17-4-2-3-5-23(17)31-27/h2-8,10,12-13,15,18,25H,9,11,14,16H2,1H3. The molecular weight excluding hydrogens is 461 g/mol. The van der Waals surface area contributed by atoms with Gasteiger partial charge in [-0.1, -0.05) is 24.3 Å². The number of ether oxygens (including phenoxy) is 4. The molecule has 1 aromatic heterocycles. The van der Waals surface area contributed by atoms with Crippen molar-refractivity contribution in [2.45, 2.75) is 31.3 Å². The summed E-state index contributed by atoms with van der Waals surface area (Å²) in [6.45, 7) is 0.415. The lowest BCUT2D eigenvalue weighted by Gasteiger charge is -2.17. The first-order valence-corrected chi connectivity index (χ1v) is 11.9. The molecule has 3 aromatic carbocycles. The number of para-hydroxylation sites is 1. The maximum atomic E-state index is 15.0. The van der Waals surface area contributed by atoms with Gasteiger partial charge in [0.1, 0.15) is 29.2 Å². The number of nitrogens with zero attached hydrogens (tertiary/aromatic N) is 1. The molecule has 182 valence electrons. The minimum absolute atomic E-state index is 0.0467. The number of halogens is 1. The lowest BCUT2D eigenvalue weighted by molar-refractivity contribution is -0.141. The largest absolute Gasteiger partial charge is 0.492 e. The van der Waals surface area contributed by atoms with Crippen molar-refractivity contribution in [2.75, 3.05) is 13.7 Å². The number of carbonyl (C=O) groups excluding carboxylic acids is 1. The van der Waals surface area contributed by atoms with Crippen LogP contribution in [0.3, 0.4) is 0 Å². The monoisotopic (exact) mass is 485 g/mol.